The number of anilines is 3. The summed E-state index contributed by atoms with van der Waals surface area (Å²) in [4.78, 5) is 25.9. The lowest BCUT2D eigenvalue weighted by Crippen LogP contribution is -2.46. The van der Waals surface area contributed by atoms with Crippen molar-refractivity contribution >= 4 is 23.6 Å². The highest BCUT2D eigenvalue weighted by Gasteiger charge is 2.31. The number of carbonyl (C=O) groups is 1. The molecule has 15 heteroatoms. The Kier molecular flexibility index (Phi) is 8.80. The molecular formula is C25H25F6N7O2. The molecule has 1 aliphatic heterocycles. The van der Waals surface area contributed by atoms with Crippen LogP contribution in [0.5, 0.6) is 6.01 Å². The quantitative estimate of drug-likeness (QED) is 0.314. The first-order valence-electron chi connectivity index (χ1n) is 12.2. The lowest BCUT2D eigenvalue weighted by Gasteiger charge is -2.32. The molecule has 2 aromatic carbocycles. The Balaban J connectivity index is 1.40. The van der Waals surface area contributed by atoms with Gasteiger partial charge >= 0.3 is 24.4 Å². The third kappa shape index (κ3) is 8.61. The third-order valence-corrected chi connectivity index (χ3v) is 5.83. The molecule has 0 atom stereocenters. The molecule has 0 aliphatic carbocycles. The molecule has 3 N–H and O–H groups in total. The Morgan fingerprint density at radius 3 is 2.30 bits per heavy atom. The number of alkyl halides is 6. The number of hydrogen-bond acceptors (Lipinski definition) is 7. The van der Waals surface area contributed by atoms with E-state index in [1.807, 2.05) is 30.3 Å². The molecule has 1 fully saturated rings. The summed E-state index contributed by atoms with van der Waals surface area (Å²) in [6.07, 6.45) is -8.29. The van der Waals surface area contributed by atoms with E-state index in [4.69, 9.17) is 0 Å². The highest BCUT2D eigenvalue weighted by atomic mass is 19.4. The van der Waals surface area contributed by atoms with Gasteiger partial charge in [-0.25, -0.2) is 4.79 Å². The molecule has 0 spiro atoms. The second-order valence-corrected chi connectivity index (χ2v) is 8.92. The molecule has 3 aromatic rings. The van der Waals surface area contributed by atoms with Crippen molar-refractivity contribution < 1.29 is 35.9 Å². The summed E-state index contributed by atoms with van der Waals surface area (Å²) < 4.78 is 82.0. The third-order valence-electron chi connectivity index (χ3n) is 5.83. The van der Waals surface area contributed by atoms with E-state index in [-0.39, 0.29) is 29.7 Å². The van der Waals surface area contributed by atoms with Crippen molar-refractivity contribution in [1.82, 2.24) is 25.2 Å². The van der Waals surface area contributed by atoms with E-state index in [0.29, 0.717) is 32.5 Å². The number of carbonyl (C=O) groups excluding carboxylic acids is 1. The number of halogens is 6. The summed E-state index contributed by atoms with van der Waals surface area (Å²) in [6, 6.07) is 12.5. The lowest BCUT2D eigenvalue weighted by atomic mass is 10.1. The number of amides is 2. The highest BCUT2D eigenvalue weighted by molar-refractivity contribution is 5.74. The Labute approximate surface area is 225 Å². The van der Waals surface area contributed by atoms with Crippen LogP contribution in [0, 0.1) is 0 Å². The second kappa shape index (κ2) is 12.3. The molecular weight excluding hydrogens is 544 g/mol. The highest BCUT2D eigenvalue weighted by Crippen LogP contribution is 2.31. The van der Waals surface area contributed by atoms with Gasteiger partial charge in [0.2, 0.25) is 11.9 Å². The molecule has 40 heavy (non-hydrogen) atoms. The van der Waals surface area contributed by atoms with Crippen LogP contribution in [0.4, 0.5) is 48.7 Å². The average Bonchev–Trinajstić information content (AvgIpc) is 2.91. The van der Waals surface area contributed by atoms with Crippen LogP contribution in [-0.4, -0.2) is 57.8 Å². The standard InChI is InChI=1S/C25H25F6N7O2/c26-24(27,28)15-40-22-36-20(35-21(37-22)34-19-8-4-7-17(13-19)25(29,30)31)33-18-9-11-38(12-10-18)23(39)32-14-16-5-2-1-3-6-16/h1-8,13,18H,9-12,14-15H2,(H,32,39)(H2,33,34,35,36,37). The zero-order valence-electron chi connectivity index (χ0n) is 20.9. The van der Waals surface area contributed by atoms with Crippen molar-refractivity contribution in [3.63, 3.8) is 0 Å². The minimum atomic E-state index is -4.66. The molecule has 1 saturated heterocycles. The van der Waals surface area contributed by atoms with Crippen LogP contribution in [0.25, 0.3) is 0 Å². The number of ether oxygens (including phenoxy) is 1. The predicted molar refractivity (Wildman–Crippen MR) is 133 cm³/mol. The topological polar surface area (TPSA) is 104 Å². The summed E-state index contributed by atoms with van der Waals surface area (Å²) in [5.41, 5.74) is -0.0121. The van der Waals surface area contributed by atoms with Crippen LogP contribution in [-0.2, 0) is 12.7 Å². The molecule has 9 nitrogen and oxygen atoms in total. The van der Waals surface area contributed by atoms with Gasteiger partial charge < -0.3 is 25.6 Å². The van der Waals surface area contributed by atoms with Crippen molar-refractivity contribution in [3.8, 4) is 6.01 Å². The minimum Gasteiger partial charge on any atom is -0.454 e. The number of likely N-dealkylation sites (tertiary alicyclic amines) is 1. The van der Waals surface area contributed by atoms with E-state index in [1.54, 1.807) is 4.90 Å². The largest absolute Gasteiger partial charge is 0.454 e. The number of nitrogens with zero attached hydrogens (tertiary/aromatic N) is 4. The first-order valence-corrected chi connectivity index (χ1v) is 12.2. The second-order valence-electron chi connectivity index (χ2n) is 8.92. The molecule has 4 rings (SSSR count). The lowest BCUT2D eigenvalue weighted by molar-refractivity contribution is -0.154. The van der Waals surface area contributed by atoms with Gasteiger partial charge in [-0.3, -0.25) is 0 Å². The fourth-order valence-electron chi connectivity index (χ4n) is 3.89. The number of nitrogens with one attached hydrogen (secondary N) is 3. The fraction of sp³-hybridized carbons (Fsp3) is 0.360. The maximum atomic E-state index is 13.1. The number of benzene rings is 2. The van der Waals surface area contributed by atoms with Crippen LogP contribution in [0.1, 0.15) is 24.0 Å². The number of urea groups is 1. The molecule has 0 saturated carbocycles. The molecule has 1 aromatic heterocycles. The van der Waals surface area contributed by atoms with Crippen molar-refractivity contribution in [2.75, 3.05) is 30.3 Å². The first-order chi connectivity index (χ1) is 18.9. The van der Waals surface area contributed by atoms with Gasteiger partial charge in [0.05, 0.1) is 5.56 Å². The predicted octanol–water partition coefficient (Wildman–Crippen LogP) is 5.36. The fourth-order valence-corrected chi connectivity index (χ4v) is 3.89. The summed E-state index contributed by atoms with van der Waals surface area (Å²) in [5, 5.41) is 8.41. The number of aromatic nitrogens is 3. The average molecular weight is 570 g/mol. The molecule has 1 aliphatic rings. The number of piperidine rings is 1. The Bertz CT molecular complexity index is 1280. The summed E-state index contributed by atoms with van der Waals surface area (Å²) in [5.74, 6) is -0.444. The van der Waals surface area contributed by atoms with Crippen LogP contribution in [0.3, 0.4) is 0 Å². The van der Waals surface area contributed by atoms with Gasteiger partial charge in [-0.15, -0.1) is 0 Å². The van der Waals surface area contributed by atoms with Gasteiger partial charge in [0, 0.05) is 31.4 Å². The Morgan fingerprint density at radius 2 is 1.62 bits per heavy atom. The smallest absolute Gasteiger partial charge is 0.422 e. The van der Waals surface area contributed by atoms with Gasteiger partial charge in [0.15, 0.2) is 6.61 Å². The summed E-state index contributed by atoms with van der Waals surface area (Å²) in [7, 11) is 0. The van der Waals surface area contributed by atoms with E-state index < -0.39 is 30.5 Å². The van der Waals surface area contributed by atoms with Crippen molar-refractivity contribution in [2.45, 2.75) is 37.8 Å². The maximum Gasteiger partial charge on any atom is 0.422 e. The zero-order chi connectivity index (χ0) is 28.8. The number of hydrogen-bond donors (Lipinski definition) is 3. The van der Waals surface area contributed by atoms with Gasteiger partial charge in [0.1, 0.15) is 0 Å². The molecule has 2 heterocycles. The normalized spacial score (nSPS) is 14.5. The van der Waals surface area contributed by atoms with Crippen LogP contribution >= 0.6 is 0 Å². The van der Waals surface area contributed by atoms with Crippen LogP contribution < -0.4 is 20.7 Å². The molecule has 0 radical (unpaired) electrons. The van der Waals surface area contributed by atoms with E-state index in [0.717, 1.165) is 23.8 Å². The molecule has 0 unspecified atom stereocenters. The van der Waals surface area contributed by atoms with Crippen LogP contribution in [0.2, 0.25) is 0 Å². The van der Waals surface area contributed by atoms with Crippen LogP contribution in [0.15, 0.2) is 54.6 Å². The number of rotatable bonds is 8. The van der Waals surface area contributed by atoms with Crippen molar-refractivity contribution in [1.29, 1.82) is 0 Å². The van der Waals surface area contributed by atoms with Crippen molar-refractivity contribution in [3.05, 3.63) is 65.7 Å². The van der Waals surface area contributed by atoms with E-state index in [9.17, 15) is 31.1 Å². The van der Waals surface area contributed by atoms with Gasteiger partial charge in [0.25, 0.3) is 0 Å². The molecule has 214 valence electrons. The van der Waals surface area contributed by atoms with Gasteiger partial charge in [-0.05, 0) is 36.6 Å². The monoisotopic (exact) mass is 569 g/mol. The molecule has 0 bridgehead atoms. The van der Waals surface area contributed by atoms with E-state index in [1.165, 1.54) is 6.07 Å². The van der Waals surface area contributed by atoms with Gasteiger partial charge in [-0.2, -0.15) is 41.3 Å². The maximum absolute atomic E-state index is 13.1. The first kappa shape index (κ1) is 28.7. The summed E-state index contributed by atoms with van der Waals surface area (Å²) in [6.45, 7) is -0.493. The minimum absolute atomic E-state index is 0.0384. The summed E-state index contributed by atoms with van der Waals surface area (Å²) >= 11 is 0. The Hall–Kier alpha value is -4.30. The Morgan fingerprint density at radius 1 is 0.925 bits per heavy atom. The SMILES string of the molecule is O=C(NCc1ccccc1)N1CCC(Nc2nc(Nc3cccc(C(F)(F)F)c3)nc(OCC(F)(F)F)n2)CC1. The van der Waals surface area contributed by atoms with E-state index in [2.05, 4.69) is 35.6 Å². The van der Waals surface area contributed by atoms with Gasteiger partial charge in [-0.1, -0.05) is 36.4 Å². The molecule has 2 amide bonds. The zero-order valence-corrected chi connectivity index (χ0v) is 20.9. The van der Waals surface area contributed by atoms with Crippen molar-refractivity contribution in [2.24, 2.45) is 0 Å². The van der Waals surface area contributed by atoms with E-state index >= 15 is 0 Å².